The predicted molar refractivity (Wildman–Crippen MR) is 56.0 cm³/mol. The van der Waals surface area contributed by atoms with Gasteiger partial charge in [0, 0.05) is 23.3 Å². The van der Waals surface area contributed by atoms with E-state index in [4.69, 9.17) is 0 Å². The second-order valence-electron chi connectivity index (χ2n) is 2.45. The zero-order chi connectivity index (χ0) is 8.81. The number of hydrogen-bond donors (Lipinski definition) is 1. The lowest BCUT2D eigenvalue weighted by molar-refractivity contribution is 0.909. The first-order valence-corrected chi connectivity index (χ1v) is 5.86. The van der Waals surface area contributed by atoms with Crippen LogP contribution in [0.3, 0.4) is 0 Å². The fourth-order valence-corrected chi connectivity index (χ4v) is 2.00. The molecule has 0 saturated heterocycles. The fourth-order valence-electron chi connectivity index (χ4n) is 0.784. The molecule has 5 heteroatoms. The van der Waals surface area contributed by atoms with E-state index in [9.17, 15) is 0 Å². The molecule has 0 amide bonds. The molecule has 3 nitrogen and oxygen atoms in total. The van der Waals surface area contributed by atoms with E-state index in [2.05, 4.69) is 28.5 Å². The van der Waals surface area contributed by atoms with Crippen LogP contribution in [0.2, 0.25) is 0 Å². The summed E-state index contributed by atoms with van der Waals surface area (Å²) in [4.78, 5) is 4.05. The van der Waals surface area contributed by atoms with Crippen LogP contribution in [-0.4, -0.2) is 26.9 Å². The van der Waals surface area contributed by atoms with Gasteiger partial charge in [-0.25, -0.2) is 4.98 Å². The number of rotatable bonds is 5. The van der Waals surface area contributed by atoms with E-state index in [1.165, 1.54) is 17.3 Å². The molecule has 0 aromatic carbocycles. The van der Waals surface area contributed by atoms with Crippen molar-refractivity contribution in [3.05, 3.63) is 6.33 Å². The van der Waals surface area contributed by atoms with Gasteiger partial charge in [0.05, 0.1) is 0 Å². The molecule has 1 atom stereocenters. The minimum atomic E-state index is 0.475. The smallest absolute Gasteiger partial charge is 0.202 e. The number of nitrogens with one attached hydrogen (secondary N) is 1. The summed E-state index contributed by atoms with van der Waals surface area (Å²) < 4.78 is 3.92. The monoisotopic (exact) mass is 203 g/mol. The highest BCUT2D eigenvalue weighted by Crippen LogP contribution is 2.10. The van der Waals surface area contributed by atoms with Crippen molar-refractivity contribution in [1.82, 2.24) is 9.36 Å². The number of thioether (sulfide) groups is 1. The second-order valence-corrected chi connectivity index (χ2v) is 4.55. The van der Waals surface area contributed by atoms with Gasteiger partial charge in [-0.1, -0.05) is 6.92 Å². The third-order valence-electron chi connectivity index (χ3n) is 1.30. The van der Waals surface area contributed by atoms with Crippen LogP contribution in [0.4, 0.5) is 5.13 Å². The largest absolute Gasteiger partial charge is 0.357 e. The third-order valence-corrected chi connectivity index (χ3v) is 3.04. The molecule has 68 valence electrons. The summed E-state index contributed by atoms with van der Waals surface area (Å²) in [6.07, 6.45) is 1.58. The quantitative estimate of drug-likeness (QED) is 0.795. The highest BCUT2D eigenvalue weighted by Gasteiger charge is 2.02. The first kappa shape index (κ1) is 9.80. The van der Waals surface area contributed by atoms with Crippen LogP contribution in [0.1, 0.15) is 13.8 Å². The second kappa shape index (κ2) is 5.37. The lowest BCUT2D eigenvalue weighted by atomic mass is 10.4. The molecule has 0 bridgehead atoms. The van der Waals surface area contributed by atoms with E-state index >= 15 is 0 Å². The number of anilines is 1. The Morgan fingerprint density at radius 2 is 2.58 bits per heavy atom. The van der Waals surface area contributed by atoms with E-state index in [0.717, 1.165) is 10.9 Å². The molecule has 1 rings (SSSR count). The average molecular weight is 203 g/mol. The van der Waals surface area contributed by atoms with E-state index < -0.39 is 0 Å². The maximum absolute atomic E-state index is 4.05. The molecular formula is C7H13N3S2. The number of nitrogens with zero attached hydrogens (tertiary/aromatic N) is 2. The Bertz CT molecular complexity index is 200. The summed E-state index contributed by atoms with van der Waals surface area (Å²) >= 11 is 3.34. The van der Waals surface area contributed by atoms with Gasteiger partial charge in [-0.3, -0.25) is 0 Å². The Kier molecular flexibility index (Phi) is 4.39. The molecule has 0 fully saturated rings. The topological polar surface area (TPSA) is 37.8 Å². The molecule has 1 aromatic heterocycles. The van der Waals surface area contributed by atoms with Gasteiger partial charge in [-0.05, 0) is 12.7 Å². The van der Waals surface area contributed by atoms with Crippen molar-refractivity contribution in [1.29, 1.82) is 0 Å². The van der Waals surface area contributed by atoms with Crippen LogP contribution < -0.4 is 5.32 Å². The van der Waals surface area contributed by atoms with Crippen molar-refractivity contribution in [2.45, 2.75) is 19.9 Å². The number of aromatic nitrogens is 2. The van der Waals surface area contributed by atoms with Gasteiger partial charge in [0.25, 0.3) is 0 Å². The maximum atomic E-state index is 4.05. The molecule has 1 heterocycles. The van der Waals surface area contributed by atoms with Gasteiger partial charge in [0.15, 0.2) is 0 Å². The Morgan fingerprint density at radius 1 is 1.75 bits per heavy atom. The summed E-state index contributed by atoms with van der Waals surface area (Å²) in [5.74, 6) is 2.29. The van der Waals surface area contributed by atoms with Crippen molar-refractivity contribution in [2.24, 2.45) is 0 Å². The van der Waals surface area contributed by atoms with Gasteiger partial charge in [-0.2, -0.15) is 16.1 Å². The SMILES string of the molecule is CCSCC(C)Nc1ncns1. The molecule has 1 N–H and O–H groups in total. The van der Waals surface area contributed by atoms with Crippen molar-refractivity contribution < 1.29 is 0 Å². The van der Waals surface area contributed by atoms with E-state index in [0.29, 0.717) is 6.04 Å². The van der Waals surface area contributed by atoms with Crippen LogP contribution in [0, 0.1) is 0 Å². The zero-order valence-corrected chi connectivity index (χ0v) is 8.91. The highest BCUT2D eigenvalue weighted by molar-refractivity contribution is 7.99. The van der Waals surface area contributed by atoms with Gasteiger partial charge in [0.1, 0.15) is 6.33 Å². The van der Waals surface area contributed by atoms with Crippen molar-refractivity contribution in [3.8, 4) is 0 Å². The molecule has 0 radical (unpaired) electrons. The Morgan fingerprint density at radius 3 is 3.17 bits per heavy atom. The third kappa shape index (κ3) is 3.40. The van der Waals surface area contributed by atoms with Crippen LogP contribution in [0.5, 0.6) is 0 Å². The van der Waals surface area contributed by atoms with Crippen LogP contribution in [0.15, 0.2) is 6.33 Å². The van der Waals surface area contributed by atoms with Crippen molar-refractivity contribution in [2.75, 3.05) is 16.8 Å². The number of hydrogen-bond acceptors (Lipinski definition) is 5. The normalized spacial score (nSPS) is 12.8. The van der Waals surface area contributed by atoms with E-state index in [1.54, 1.807) is 6.33 Å². The van der Waals surface area contributed by atoms with E-state index in [1.807, 2.05) is 11.8 Å². The van der Waals surface area contributed by atoms with Gasteiger partial charge in [0.2, 0.25) is 5.13 Å². The maximum Gasteiger partial charge on any atom is 0.202 e. The summed E-state index contributed by atoms with van der Waals surface area (Å²) in [5, 5.41) is 4.20. The standard InChI is InChI=1S/C7H13N3S2/c1-3-11-4-6(2)10-7-8-5-9-12-7/h5-6H,3-4H2,1-2H3,(H,8,9,10). The van der Waals surface area contributed by atoms with Gasteiger partial charge >= 0.3 is 0 Å². The summed E-state index contributed by atoms with van der Waals surface area (Å²) in [7, 11) is 0. The van der Waals surface area contributed by atoms with Gasteiger partial charge < -0.3 is 5.32 Å². The van der Waals surface area contributed by atoms with Crippen LogP contribution >= 0.6 is 23.3 Å². The Balaban J connectivity index is 2.22. The Labute approximate surface area is 81.1 Å². The predicted octanol–water partition coefficient (Wildman–Crippen LogP) is 2.09. The molecule has 0 aliphatic carbocycles. The first-order chi connectivity index (χ1) is 5.83. The molecule has 1 aromatic rings. The average Bonchev–Trinajstić information content (AvgIpc) is 2.53. The molecule has 0 spiro atoms. The molecular weight excluding hydrogens is 190 g/mol. The minimum absolute atomic E-state index is 0.475. The highest BCUT2D eigenvalue weighted by atomic mass is 32.2. The van der Waals surface area contributed by atoms with Crippen LogP contribution in [-0.2, 0) is 0 Å². The van der Waals surface area contributed by atoms with E-state index in [-0.39, 0.29) is 0 Å². The summed E-state index contributed by atoms with van der Waals surface area (Å²) in [6, 6.07) is 0.475. The van der Waals surface area contributed by atoms with Crippen molar-refractivity contribution in [3.63, 3.8) is 0 Å². The Hall–Kier alpha value is -0.290. The molecule has 0 aliphatic rings. The van der Waals surface area contributed by atoms with Crippen molar-refractivity contribution >= 4 is 28.4 Å². The molecule has 0 saturated carbocycles. The first-order valence-electron chi connectivity index (χ1n) is 3.94. The molecule has 1 unspecified atom stereocenters. The summed E-state index contributed by atoms with van der Waals surface area (Å²) in [5.41, 5.74) is 0. The summed E-state index contributed by atoms with van der Waals surface area (Å²) in [6.45, 7) is 4.33. The van der Waals surface area contributed by atoms with Gasteiger partial charge in [-0.15, -0.1) is 0 Å². The van der Waals surface area contributed by atoms with Crippen LogP contribution in [0.25, 0.3) is 0 Å². The lowest BCUT2D eigenvalue weighted by Crippen LogP contribution is -2.17. The molecule has 12 heavy (non-hydrogen) atoms. The lowest BCUT2D eigenvalue weighted by Gasteiger charge is -2.10. The fraction of sp³-hybridized carbons (Fsp3) is 0.714. The minimum Gasteiger partial charge on any atom is -0.357 e. The zero-order valence-electron chi connectivity index (χ0n) is 7.28. The molecule has 0 aliphatic heterocycles.